The summed E-state index contributed by atoms with van der Waals surface area (Å²) in [5.74, 6) is -1.26. The Balaban J connectivity index is 2.11. The van der Waals surface area contributed by atoms with E-state index < -0.39 is 23.8 Å². The number of amides is 2. The zero-order chi connectivity index (χ0) is 30.8. The number of aliphatic carboxylic acids is 1. The topological polar surface area (TPSA) is 151 Å². The van der Waals surface area contributed by atoms with E-state index in [-0.39, 0.29) is 28.5 Å². The first-order valence-corrected chi connectivity index (χ1v) is 12.4. The van der Waals surface area contributed by atoms with Crippen LogP contribution >= 0.6 is 0 Å². The van der Waals surface area contributed by atoms with Crippen molar-refractivity contribution in [1.82, 2.24) is 10.6 Å². The van der Waals surface area contributed by atoms with Crippen LogP contribution in [-0.2, 0) is 9.59 Å². The molecule has 0 aliphatic heterocycles. The van der Waals surface area contributed by atoms with Crippen molar-refractivity contribution < 1.29 is 47.9 Å². The second-order valence-corrected chi connectivity index (χ2v) is 8.54. The summed E-state index contributed by atoms with van der Waals surface area (Å²) in [7, 11) is 8.54. The Hall–Kier alpha value is -5.39. The molecule has 0 aliphatic carbocycles. The Bertz CT molecular complexity index is 1420. The van der Waals surface area contributed by atoms with Crippen LogP contribution < -0.4 is 39.1 Å². The molecule has 0 spiro atoms. The molecular formula is C30H32N2O10. The maximum atomic E-state index is 13.6. The lowest BCUT2D eigenvalue weighted by Crippen LogP contribution is -2.39. The van der Waals surface area contributed by atoms with Crippen molar-refractivity contribution in [3.63, 3.8) is 0 Å². The van der Waals surface area contributed by atoms with Gasteiger partial charge in [0.2, 0.25) is 11.5 Å². The fraction of sp³-hybridized carbons (Fsp3) is 0.233. The van der Waals surface area contributed by atoms with E-state index in [4.69, 9.17) is 28.4 Å². The quantitative estimate of drug-likeness (QED) is 0.257. The number of carboxylic acid groups (broad SMARTS) is 1. The molecule has 1 atom stereocenters. The minimum Gasteiger partial charge on any atom is -0.493 e. The molecule has 0 aromatic heterocycles. The Morgan fingerprint density at radius 1 is 0.714 bits per heavy atom. The van der Waals surface area contributed by atoms with Crippen LogP contribution in [0.2, 0.25) is 0 Å². The van der Waals surface area contributed by atoms with Crippen molar-refractivity contribution in [2.24, 2.45) is 0 Å². The maximum Gasteiger partial charge on any atom is 0.330 e. The third kappa shape index (κ3) is 7.02. The van der Waals surface area contributed by atoms with Gasteiger partial charge in [-0.3, -0.25) is 9.59 Å². The van der Waals surface area contributed by atoms with Crippen LogP contribution in [-0.4, -0.2) is 65.5 Å². The highest BCUT2D eigenvalue weighted by molar-refractivity contribution is 6.06. The molecular weight excluding hydrogens is 548 g/mol. The smallest absolute Gasteiger partial charge is 0.330 e. The zero-order valence-electron chi connectivity index (χ0n) is 24.0. The van der Waals surface area contributed by atoms with Gasteiger partial charge in [0.05, 0.1) is 42.7 Å². The average Bonchev–Trinajstić information content (AvgIpc) is 3.01. The first-order chi connectivity index (χ1) is 20.2. The molecule has 3 aromatic carbocycles. The maximum absolute atomic E-state index is 13.6. The number of nitrogens with one attached hydrogen (secondary N) is 2. The first-order valence-electron chi connectivity index (χ1n) is 12.4. The van der Waals surface area contributed by atoms with Gasteiger partial charge in [-0.2, -0.15) is 0 Å². The third-order valence-electron chi connectivity index (χ3n) is 6.07. The van der Waals surface area contributed by atoms with E-state index in [9.17, 15) is 19.5 Å². The fourth-order valence-corrected chi connectivity index (χ4v) is 4.06. The van der Waals surface area contributed by atoms with E-state index in [1.54, 1.807) is 42.5 Å². The van der Waals surface area contributed by atoms with Gasteiger partial charge in [-0.15, -0.1) is 0 Å². The van der Waals surface area contributed by atoms with E-state index in [2.05, 4.69) is 10.6 Å². The Labute approximate surface area is 242 Å². The van der Waals surface area contributed by atoms with Crippen LogP contribution in [0.15, 0.2) is 60.3 Å². The molecule has 0 radical (unpaired) electrons. The third-order valence-corrected chi connectivity index (χ3v) is 6.07. The van der Waals surface area contributed by atoms with Crippen molar-refractivity contribution in [2.75, 3.05) is 42.7 Å². The molecule has 0 saturated carbocycles. The molecule has 222 valence electrons. The summed E-state index contributed by atoms with van der Waals surface area (Å²) >= 11 is 0. The molecule has 12 heteroatoms. The number of carbonyl (C=O) groups excluding carboxylic acids is 2. The number of ether oxygens (including phenoxy) is 6. The molecule has 0 bridgehead atoms. The first kappa shape index (κ1) is 31.1. The fourth-order valence-electron chi connectivity index (χ4n) is 4.06. The lowest BCUT2D eigenvalue weighted by atomic mass is 10.1. The highest BCUT2D eigenvalue weighted by Crippen LogP contribution is 2.39. The highest BCUT2D eigenvalue weighted by Gasteiger charge is 2.26. The molecule has 3 aromatic rings. The number of methoxy groups -OCH3 is 6. The van der Waals surface area contributed by atoms with Crippen LogP contribution in [0.1, 0.15) is 27.5 Å². The van der Waals surface area contributed by atoms with Gasteiger partial charge < -0.3 is 44.2 Å². The van der Waals surface area contributed by atoms with Crippen LogP contribution in [0, 0.1) is 0 Å². The molecule has 0 fully saturated rings. The Morgan fingerprint density at radius 3 is 1.62 bits per heavy atom. The van der Waals surface area contributed by atoms with Gasteiger partial charge in [0.15, 0.2) is 29.0 Å². The monoisotopic (exact) mass is 580 g/mol. The van der Waals surface area contributed by atoms with E-state index in [1.165, 1.54) is 60.9 Å². The van der Waals surface area contributed by atoms with E-state index >= 15 is 0 Å². The summed E-state index contributed by atoms with van der Waals surface area (Å²) < 4.78 is 32.1. The van der Waals surface area contributed by atoms with Gasteiger partial charge in [-0.1, -0.05) is 30.3 Å². The molecule has 3 rings (SSSR count). The molecule has 0 saturated heterocycles. The van der Waals surface area contributed by atoms with E-state index in [0.29, 0.717) is 28.4 Å². The number of carboxylic acids is 1. The van der Waals surface area contributed by atoms with Gasteiger partial charge in [0.25, 0.3) is 11.8 Å². The number of benzene rings is 3. The summed E-state index contributed by atoms with van der Waals surface area (Å²) in [4.78, 5) is 39.1. The second-order valence-electron chi connectivity index (χ2n) is 8.54. The predicted molar refractivity (Wildman–Crippen MR) is 153 cm³/mol. The molecule has 42 heavy (non-hydrogen) atoms. The van der Waals surface area contributed by atoms with Crippen molar-refractivity contribution in [1.29, 1.82) is 0 Å². The van der Waals surface area contributed by atoms with Crippen LogP contribution in [0.25, 0.3) is 6.08 Å². The van der Waals surface area contributed by atoms with Crippen LogP contribution in [0.3, 0.4) is 0 Å². The minimum absolute atomic E-state index is 0.0749. The number of carbonyl (C=O) groups is 3. The van der Waals surface area contributed by atoms with E-state index in [1.807, 2.05) is 0 Å². The molecule has 3 N–H and O–H groups in total. The van der Waals surface area contributed by atoms with Gasteiger partial charge in [0, 0.05) is 5.56 Å². The van der Waals surface area contributed by atoms with Gasteiger partial charge in [-0.05, 0) is 41.5 Å². The molecule has 0 heterocycles. The largest absolute Gasteiger partial charge is 0.493 e. The average molecular weight is 581 g/mol. The van der Waals surface area contributed by atoms with Crippen molar-refractivity contribution in [3.05, 3.63) is 77.0 Å². The normalized spacial score (nSPS) is 11.5. The summed E-state index contributed by atoms with van der Waals surface area (Å²) in [5.41, 5.74) is 0.518. The number of hydrogen-bond acceptors (Lipinski definition) is 9. The molecule has 12 nitrogen and oxygen atoms in total. The molecule has 2 amide bonds. The number of rotatable bonds is 13. The SMILES string of the molecule is COc1cc(/C=C(\NC(=O)c2cc(OC)c(OC)c(OC)c2)C(=O)N[C@H](C(=O)O)c2ccccc2)cc(OC)c1OC. The second kappa shape index (κ2) is 14.3. The highest BCUT2D eigenvalue weighted by atomic mass is 16.5. The summed E-state index contributed by atoms with van der Waals surface area (Å²) in [5, 5.41) is 14.9. The minimum atomic E-state index is -1.40. The zero-order valence-corrected chi connectivity index (χ0v) is 24.0. The van der Waals surface area contributed by atoms with Crippen molar-refractivity contribution >= 4 is 23.9 Å². The van der Waals surface area contributed by atoms with Gasteiger partial charge in [0.1, 0.15) is 5.70 Å². The lowest BCUT2D eigenvalue weighted by Gasteiger charge is -2.18. The van der Waals surface area contributed by atoms with Gasteiger partial charge in [-0.25, -0.2) is 4.79 Å². The van der Waals surface area contributed by atoms with Crippen LogP contribution in [0.4, 0.5) is 0 Å². The van der Waals surface area contributed by atoms with Crippen molar-refractivity contribution in [2.45, 2.75) is 6.04 Å². The molecule has 0 unspecified atom stereocenters. The lowest BCUT2D eigenvalue weighted by molar-refractivity contribution is -0.141. The predicted octanol–water partition coefficient (Wildman–Crippen LogP) is 3.45. The Kier molecular flexibility index (Phi) is 10.6. The van der Waals surface area contributed by atoms with E-state index in [0.717, 1.165) is 0 Å². The standard InChI is InChI=1S/C30H32N2O10/c1-37-21-13-17(14-22(38-2)26(21)41-5)12-20(29(34)32-25(30(35)36)18-10-8-7-9-11-18)31-28(33)19-15-23(39-3)27(42-6)24(16-19)40-4/h7-16,25H,1-6H3,(H,31,33)(H,32,34)(H,35,36)/b20-12-/t25-/m0/s1. The molecule has 0 aliphatic rings. The van der Waals surface area contributed by atoms with Gasteiger partial charge >= 0.3 is 5.97 Å². The summed E-state index contributed by atoms with van der Waals surface area (Å²) in [6.45, 7) is 0. The number of hydrogen-bond donors (Lipinski definition) is 3. The Morgan fingerprint density at radius 2 is 1.19 bits per heavy atom. The summed E-state index contributed by atoms with van der Waals surface area (Å²) in [6, 6.07) is 12.7. The van der Waals surface area contributed by atoms with Crippen molar-refractivity contribution in [3.8, 4) is 34.5 Å². The summed E-state index contributed by atoms with van der Waals surface area (Å²) in [6.07, 6.45) is 1.35. The van der Waals surface area contributed by atoms with Crippen LogP contribution in [0.5, 0.6) is 34.5 Å².